The molecule has 148 valence electrons. The first-order valence-corrected chi connectivity index (χ1v) is 10.2. The molecular weight excluding hydrogens is 397 g/mol. The molecule has 1 fully saturated rings. The van der Waals surface area contributed by atoms with Crippen LogP contribution in [-0.2, 0) is 26.2 Å². The zero-order valence-electron chi connectivity index (χ0n) is 15.5. The van der Waals surface area contributed by atoms with Gasteiger partial charge in [0.05, 0.1) is 5.41 Å². The first kappa shape index (κ1) is 20.7. The Morgan fingerprint density at radius 2 is 1.50 bits per heavy atom. The van der Waals surface area contributed by atoms with Gasteiger partial charge >= 0.3 is 5.97 Å². The molecule has 0 bridgehead atoms. The molecule has 28 heavy (non-hydrogen) atoms. The summed E-state index contributed by atoms with van der Waals surface area (Å²) < 4.78 is 5.39. The number of carbonyl (C=O) groups is 2. The minimum atomic E-state index is -0.672. The summed E-state index contributed by atoms with van der Waals surface area (Å²) >= 11 is 11.8. The summed E-state index contributed by atoms with van der Waals surface area (Å²) in [5.41, 5.74) is 1.31. The summed E-state index contributed by atoms with van der Waals surface area (Å²) in [5.74, 6) is -0.633. The monoisotopic (exact) mass is 419 g/mol. The molecule has 0 spiro atoms. The maximum atomic E-state index is 12.8. The average molecular weight is 420 g/mol. The second-order valence-corrected chi connectivity index (χ2v) is 7.97. The van der Waals surface area contributed by atoms with E-state index in [1.54, 1.807) is 12.1 Å². The fraction of sp³-hybridized carbons (Fsp3) is 0.364. The third-order valence-corrected chi connectivity index (χ3v) is 5.73. The van der Waals surface area contributed by atoms with Crippen molar-refractivity contribution in [2.45, 2.75) is 37.5 Å². The quantitative estimate of drug-likeness (QED) is 0.661. The number of amides is 1. The van der Waals surface area contributed by atoms with Crippen LogP contribution in [0.15, 0.2) is 48.5 Å². The van der Waals surface area contributed by atoms with Gasteiger partial charge in [0.15, 0.2) is 6.61 Å². The molecule has 0 radical (unpaired) electrons. The van der Waals surface area contributed by atoms with E-state index in [9.17, 15) is 9.59 Å². The van der Waals surface area contributed by atoms with Gasteiger partial charge in [-0.05, 0) is 54.7 Å². The highest BCUT2D eigenvalue weighted by Crippen LogP contribution is 2.42. The highest BCUT2D eigenvalue weighted by Gasteiger charge is 2.44. The van der Waals surface area contributed by atoms with E-state index in [0.29, 0.717) is 23.0 Å². The van der Waals surface area contributed by atoms with Crippen molar-refractivity contribution in [2.75, 3.05) is 13.2 Å². The SMILES string of the molecule is O=C(COC(=O)C1(c2ccc(Cl)cc2)CCCC1)NCCc1ccc(Cl)cc1. The third kappa shape index (κ3) is 5.06. The summed E-state index contributed by atoms with van der Waals surface area (Å²) in [6.07, 6.45) is 4.07. The van der Waals surface area contributed by atoms with Crippen molar-refractivity contribution < 1.29 is 14.3 Å². The molecule has 0 aliphatic heterocycles. The lowest BCUT2D eigenvalue weighted by Gasteiger charge is -2.27. The normalized spacial score (nSPS) is 15.2. The number of rotatable bonds is 7. The van der Waals surface area contributed by atoms with Crippen molar-refractivity contribution in [1.82, 2.24) is 5.32 Å². The lowest BCUT2D eigenvalue weighted by Crippen LogP contribution is -2.38. The molecule has 4 nitrogen and oxygen atoms in total. The second kappa shape index (κ2) is 9.44. The fourth-order valence-electron chi connectivity index (χ4n) is 3.68. The van der Waals surface area contributed by atoms with E-state index in [4.69, 9.17) is 27.9 Å². The minimum absolute atomic E-state index is 0.269. The Balaban J connectivity index is 1.51. The molecule has 0 aromatic heterocycles. The van der Waals surface area contributed by atoms with Crippen molar-refractivity contribution in [3.05, 3.63) is 69.7 Å². The predicted molar refractivity (Wildman–Crippen MR) is 111 cm³/mol. The van der Waals surface area contributed by atoms with Gasteiger partial charge in [-0.25, -0.2) is 0 Å². The first-order chi connectivity index (χ1) is 13.5. The van der Waals surface area contributed by atoms with E-state index < -0.39 is 5.41 Å². The highest BCUT2D eigenvalue weighted by atomic mass is 35.5. The van der Waals surface area contributed by atoms with Crippen molar-refractivity contribution in [1.29, 1.82) is 0 Å². The average Bonchev–Trinajstić information content (AvgIpc) is 3.19. The van der Waals surface area contributed by atoms with Crippen molar-refractivity contribution in [2.24, 2.45) is 0 Å². The van der Waals surface area contributed by atoms with Crippen LogP contribution in [-0.4, -0.2) is 25.0 Å². The minimum Gasteiger partial charge on any atom is -0.455 e. The molecular formula is C22H23Cl2NO3. The van der Waals surface area contributed by atoms with E-state index in [-0.39, 0.29) is 18.5 Å². The molecule has 6 heteroatoms. The summed E-state index contributed by atoms with van der Waals surface area (Å²) in [4.78, 5) is 24.9. The van der Waals surface area contributed by atoms with E-state index in [1.807, 2.05) is 36.4 Å². The predicted octanol–water partition coefficient (Wildman–Crippen LogP) is 4.71. The Kier molecular flexibility index (Phi) is 6.97. The fourth-order valence-corrected chi connectivity index (χ4v) is 3.93. The van der Waals surface area contributed by atoms with E-state index in [1.165, 1.54) is 0 Å². The van der Waals surface area contributed by atoms with Crippen LogP contribution in [0.3, 0.4) is 0 Å². The Hall–Kier alpha value is -2.04. The Bertz CT molecular complexity index is 813. The van der Waals surface area contributed by atoms with Gasteiger partial charge in [-0.1, -0.05) is 60.3 Å². The standard InChI is InChI=1S/C22H23Cl2NO3/c23-18-7-3-16(4-8-18)11-14-25-20(26)15-28-21(27)22(12-1-2-13-22)17-5-9-19(24)10-6-17/h3-10H,1-2,11-15H2,(H,25,26). The van der Waals surface area contributed by atoms with Gasteiger partial charge in [0.1, 0.15) is 0 Å². The summed E-state index contributed by atoms with van der Waals surface area (Å²) in [6, 6.07) is 14.8. The molecule has 1 aliphatic carbocycles. The van der Waals surface area contributed by atoms with Crippen molar-refractivity contribution in [3.8, 4) is 0 Å². The Morgan fingerprint density at radius 1 is 0.929 bits per heavy atom. The molecule has 0 atom stereocenters. The van der Waals surface area contributed by atoms with Gasteiger partial charge in [0.25, 0.3) is 5.91 Å². The summed E-state index contributed by atoms with van der Waals surface area (Å²) in [6.45, 7) is 0.204. The molecule has 1 aliphatic rings. The lowest BCUT2D eigenvalue weighted by atomic mass is 9.79. The van der Waals surface area contributed by atoms with Crippen molar-refractivity contribution in [3.63, 3.8) is 0 Å². The highest BCUT2D eigenvalue weighted by molar-refractivity contribution is 6.30. The molecule has 1 amide bonds. The van der Waals surface area contributed by atoms with Gasteiger partial charge < -0.3 is 10.1 Å². The largest absolute Gasteiger partial charge is 0.455 e. The summed E-state index contributed by atoms with van der Waals surface area (Å²) in [5, 5.41) is 4.10. The van der Waals surface area contributed by atoms with Crippen LogP contribution in [0.2, 0.25) is 10.0 Å². The van der Waals surface area contributed by atoms with Crippen molar-refractivity contribution >= 4 is 35.1 Å². The molecule has 1 N–H and O–H groups in total. The number of esters is 1. The van der Waals surface area contributed by atoms with Gasteiger partial charge in [-0.2, -0.15) is 0 Å². The van der Waals surface area contributed by atoms with Gasteiger partial charge in [0, 0.05) is 16.6 Å². The number of halogens is 2. The second-order valence-electron chi connectivity index (χ2n) is 7.10. The maximum absolute atomic E-state index is 12.8. The first-order valence-electron chi connectivity index (χ1n) is 9.44. The van der Waals surface area contributed by atoms with Crippen LogP contribution in [0.25, 0.3) is 0 Å². The van der Waals surface area contributed by atoms with Crippen LogP contribution in [0.5, 0.6) is 0 Å². The Morgan fingerprint density at radius 3 is 2.11 bits per heavy atom. The van der Waals surface area contributed by atoms with E-state index in [2.05, 4.69) is 5.32 Å². The molecule has 1 saturated carbocycles. The molecule has 0 saturated heterocycles. The van der Waals surface area contributed by atoms with E-state index in [0.717, 1.165) is 36.8 Å². The van der Waals surface area contributed by atoms with Crippen LogP contribution in [0.1, 0.15) is 36.8 Å². The summed E-state index contributed by atoms with van der Waals surface area (Å²) in [7, 11) is 0. The number of nitrogens with one attached hydrogen (secondary N) is 1. The number of hydrogen-bond donors (Lipinski definition) is 1. The lowest BCUT2D eigenvalue weighted by molar-refractivity contribution is -0.154. The molecule has 2 aromatic carbocycles. The van der Waals surface area contributed by atoms with Crippen LogP contribution in [0, 0.1) is 0 Å². The Labute approximate surface area is 175 Å². The maximum Gasteiger partial charge on any atom is 0.317 e. The van der Waals surface area contributed by atoms with Gasteiger partial charge in [-0.3, -0.25) is 9.59 Å². The van der Waals surface area contributed by atoms with E-state index >= 15 is 0 Å². The molecule has 2 aromatic rings. The van der Waals surface area contributed by atoms with Crippen LogP contribution >= 0.6 is 23.2 Å². The molecule has 0 unspecified atom stereocenters. The number of hydrogen-bond acceptors (Lipinski definition) is 3. The molecule has 3 rings (SSSR count). The zero-order valence-corrected chi connectivity index (χ0v) is 17.1. The van der Waals surface area contributed by atoms with Crippen LogP contribution < -0.4 is 5.32 Å². The molecule has 0 heterocycles. The van der Waals surface area contributed by atoms with Crippen LogP contribution in [0.4, 0.5) is 0 Å². The van der Waals surface area contributed by atoms with Gasteiger partial charge in [0.2, 0.25) is 0 Å². The van der Waals surface area contributed by atoms with Gasteiger partial charge in [-0.15, -0.1) is 0 Å². The smallest absolute Gasteiger partial charge is 0.317 e. The number of benzene rings is 2. The number of carbonyl (C=O) groups excluding carboxylic acids is 2. The number of ether oxygens (including phenoxy) is 1. The zero-order chi connectivity index (χ0) is 20.0. The third-order valence-electron chi connectivity index (χ3n) is 5.23. The topological polar surface area (TPSA) is 55.4 Å².